The predicted molar refractivity (Wildman–Crippen MR) is 64.3 cm³/mol. The Morgan fingerprint density at radius 1 is 1.29 bits per heavy atom. The number of rotatable bonds is 4. The number of halogens is 2. The van der Waals surface area contributed by atoms with Gasteiger partial charge in [0.15, 0.2) is 15.6 Å². The van der Waals surface area contributed by atoms with Gasteiger partial charge in [-0.25, -0.2) is 12.8 Å². The first-order valence-corrected chi connectivity index (χ1v) is 7.24. The lowest BCUT2D eigenvalue weighted by Gasteiger charge is -2.13. The maximum Gasteiger partial charge on any atom is 0.172 e. The first-order chi connectivity index (χ1) is 7.73. The number of ketones is 1. The van der Waals surface area contributed by atoms with E-state index in [1.54, 1.807) is 0 Å². The van der Waals surface area contributed by atoms with E-state index in [2.05, 4.69) is 0 Å². The van der Waals surface area contributed by atoms with Crippen molar-refractivity contribution in [2.75, 3.05) is 6.26 Å². The molecule has 6 heteroatoms. The van der Waals surface area contributed by atoms with Crippen molar-refractivity contribution in [3.8, 4) is 0 Å². The van der Waals surface area contributed by atoms with Crippen LogP contribution in [0.25, 0.3) is 0 Å². The highest BCUT2D eigenvalue weighted by Gasteiger charge is 2.29. The molecule has 0 radical (unpaired) electrons. The normalized spacial score (nSPS) is 15.3. The van der Waals surface area contributed by atoms with Crippen LogP contribution in [0.2, 0.25) is 0 Å². The van der Waals surface area contributed by atoms with Crippen molar-refractivity contribution < 1.29 is 17.6 Å². The lowest BCUT2D eigenvalue weighted by molar-refractivity contribution is -0.118. The van der Waals surface area contributed by atoms with Crippen LogP contribution in [0.15, 0.2) is 24.3 Å². The molecule has 1 rings (SSSR count). The summed E-state index contributed by atoms with van der Waals surface area (Å²) in [5, 5.41) is -2.25. The summed E-state index contributed by atoms with van der Waals surface area (Å²) in [4.78, 5) is 11.8. The average Bonchev–Trinajstić information content (AvgIpc) is 2.26. The van der Waals surface area contributed by atoms with E-state index in [1.165, 1.54) is 31.2 Å². The molecule has 0 N–H and O–H groups in total. The summed E-state index contributed by atoms with van der Waals surface area (Å²) in [6.07, 6.45) is 0.976. The number of alkyl halides is 1. The molecule has 0 aliphatic rings. The molecule has 0 aliphatic heterocycles. The molecule has 1 aromatic carbocycles. The number of carbonyl (C=O) groups excluding carboxylic acids is 1. The van der Waals surface area contributed by atoms with Crippen molar-refractivity contribution in [1.82, 2.24) is 0 Å². The Morgan fingerprint density at radius 3 is 2.18 bits per heavy atom. The van der Waals surface area contributed by atoms with Gasteiger partial charge in [-0.15, -0.1) is 11.6 Å². The van der Waals surface area contributed by atoms with Gasteiger partial charge in [0.05, 0.1) is 0 Å². The van der Waals surface area contributed by atoms with Crippen molar-refractivity contribution >= 4 is 27.2 Å². The third-order valence-corrected chi connectivity index (χ3v) is 4.44. The van der Waals surface area contributed by atoms with E-state index in [9.17, 15) is 17.6 Å². The van der Waals surface area contributed by atoms with E-state index in [1.807, 2.05) is 0 Å². The van der Waals surface area contributed by atoms with E-state index in [0.29, 0.717) is 5.56 Å². The fraction of sp³-hybridized carbons (Fsp3) is 0.364. The molecule has 94 valence electrons. The third kappa shape index (κ3) is 3.51. The fourth-order valence-electron chi connectivity index (χ4n) is 1.21. The van der Waals surface area contributed by atoms with Gasteiger partial charge >= 0.3 is 0 Å². The van der Waals surface area contributed by atoms with Crippen LogP contribution in [0.1, 0.15) is 17.9 Å². The van der Waals surface area contributed by atoms with Crippen LogP contribution in [0, 0.1) is 5.82 Å². The molecule has 1 aromatic rings. The van der Waals surface area contributed by atoms with Crippen molar-refractivity contribution in [2.45, 2.75) is 17.6 Å². The fourth-order valence-corrected chi connectivity index (χ4v) is 2.18. The highest BCUT2D eigenvalue weighted by atomic mass is 35.5. The Bertz CT molecular complexity index is 510. The van der Waals surface area contributed by atoms with Gasteiger partial charge in [-0.05, 0) is 24.6 Å². The summed E-state index contributed by atoms with van der Waals surface area (Å²) in [6, 6.07) is 5.06. The number of carbonyl (C=O) groups is 1. The van der Waals surface area contributed by atoms with Crippen molar-refractivity contribution in [3.63, 3.8) is 0 Å². The van der Waals surface area contributed by atoms with Gasteiger partial charge < -0.3 is 0 Å². The minimum atomic E-state index is -3.47. The molecule has 0 bridgehead atoms. The molecule has 3 nitrogen and oxygen atoms in total. The molecule has 17 heavy (non-hydrogen) atoms. The Labute approximate surface area is 105 Å². The summed E-state index contributed by atoms with van der Waals surface area (Å²) in [5.41, 5.74) is 0.383. The van der Waals surface area contributed by atoms with Gasteiger partial charge in [0.25, 0.3) is 0 Å². The lowest BCUT2D eigenvalue weighted by Crippen LogP contribution is -2.29. The summed E-state index contributed by atoms with van der Waals surface area (Å²) >= 11 is 5.87. The number of sulfone groups is 1. The summed E-state index contributed by atoms with van der Waals surface area (Å²) in [7, 11) is -3.47. The summed E-state index contributed by atoms with van der Waals surface area (Å²) in [6.45, 7) is 1.29. The molecule has 0 aliphatic carbocycles. The minimum Gasteiger partial charge on any atom is -0.296 e. The maximum atomic E-state index is 12.7. The molecule has 0 saturated carbocycles. The highest BCUT2D eigenvalue weighted by molar-refractivity contribution is 7.92. The second kappa shape index (κ2) is 5.14. The monoisotopic (exact) mass is 278 g/mol. The van der Waals surface area contributed by atoms with E-state index in [4.69, 9.17) is 11.6 Å². The largest absolute Gasteiger partial charge is 0.296 e. The summed E-state index contributed by atoms with van der Waals surface area (Å²) in [5.74, 6) is -1.05. The van der Waals surface area contributed by atoms with Crippen molar-refractivity contribution in [2.24, 2.45) is 0 Å². The minimum absolute atomic E-state index is 0.383. The van der Waals surface area contributed by atoms with E-state index < -0.39 is 32.1 Å². The zero-order valence-electron chi connectivity index (χ0n) is 9.35. The number of hydrogen-bond acceptors (Lipinski definition) is 3. The van der Waals surface area contributed by atoms with Gasteiger partial charge in [-0.3, -0.25) is 4.79 Å². The van der Waals surface area contributed by atoms with Gasteiger partial charge in [0.2, 0.25) is 0 Å². The van der Waals surface area contributed by atoms with Crippen molar-refractivity contribution in [1.29, 1.82) is 0 Å². The molecule has 2 unspecified atom stereocenters. The highest BCUT2D eigenvalue weighted by Crippen LogP contribution is 2.24. The van der Waals surface area contributed by atoms with E-state index >= 15 is 0 Å². The molecular weight excluding hydrogens is 267 g/mol. The molecule has 0 spiro atoms. The number of Topliss-reactive ketones (excluding diaryl/α,β-unsaturated/α-hetero) is 1. The smallest absolute Gasteiger partial charge is 0.172 e. The molecule has 0 heterocycles. The van der Waals surface area contributed by atoms with Gasteiger partial charge in [-0.1, -0.05) is 12.1 Å². The second-order valence-corrected chi connectivity index (χ2v) is 6.59. The van der Waals surface area contributed by atoms with Crippen LogP contribution >= 0.6 is 11.6 Å². The Balaban J connectivity index is 2.94. The molecule has 0 amide bonds. The quantitative estimate of drug-likeness (QED) is 0.793. The Hall–Kier alpha value is -0.940. The summed E-state index contributed by atoms with van der Waals surface area (Å²) < 4.78 is 35.1. The second-order valence-electron chi connectivity index (χ2n) is 3.79. The topological polar surface area (TPSA) is 51.2 Å². The first kappa shape index (κ1) is 14.1. The molecule has 0 aromatic heterocycles. The standard InChI is InChI=1S/C11H12ClFO3S/c1-7(17(2,15)16)11(14)10(12)8-3-5-9(13)6-4-8/h3-7,10H,1-2H3. The van der Waals surface area contributed by atoms with Crippen LogP contribution in [0.3, 0.4) is 0 Å². The maximum absolute atomic E-state index is 12.7. The van der Waals surface area contributed by atoms with Gasteiger partial charge in [0.1, 0.15) is 16.4 Å². The molecular formula is C11H12ClFO3S. The Kier molecular flexibility index (Phi) is 4.27. The average molecular weight is 279 g/mol. The molecule has 2 atom stereocenters. The predicted octanol–water partition coefficient (Wildman–Crippen LogP) is 2.11. The molecule has 0 saturated heterocycles. The van der Waals surface area contributed by atoms with Crippen LogP contribution < -0.4 is 0 Å². The van der Waals surface area contributed by atoms with Gasteiger partial charge in [-0.2, -0.15) is 0 Å². The van der Waals surface area contributed by atoms with Crippen LogP contribution in [0.4, 0.5) is 4.39 Å². The Morgan fingerprint density at radius 2 is 1.76 bits per heavy atom. The first-order valence-electron chi connectivity index (χ1n) is 4.85. The van der Waals surface area contributed by atoms with E-state index in [-0.39, 0.29) is 0 Å². The zero-order valence-corrected chi connectivity index (χ0v) is 10.9. The van der Waals surface area contributed by atoms with E-state index in [0.717, 1.165) is 6.26 Å². The van der Waals surface area contributed by atoms with Gasteiger partial charge in [0, 0.05) is 6.26 Å². The number of benzene rings is 1. The molecule has 0 fully saturated rings. The van der Waals surface area contributed by atoms with Crippen LogP contribution in [0.5, 0.6) is 0 Å². The lowest BCUT2D eigenvalue weighted by atomic mass is 10.1. The number of hydrogen-bond donors (Lipinski definition) is 0. The van der Waals surface area contributed by atoms with Crippen LogP contribution in [-0.4, -0.2) is 25.7 Å². The zero-order chi connectivity index (χ0) is 13.2. The SMILES string of the molecule is CC(C(=O)C(Cl)c1ccc(F)cc1)S(C)(=O)=O. The van der Waals surface area contributed by atoms with Crippen LogP contribution in [-0.2, 0) is 14.6 Å². The van der Waals surface area contributed by atoms with Crippen molar-refractivity contribution in [3.05, 3.63) is 35.6 Å². The third-order valence-electron chi connectivity index (χ3n) is 2.46.